The largest absolute Gasteiger partial charge is 0.481 e. The van der Waals surface area contributed by atoms with E-state index in [0.717, 1.165) is 13.0 Å². The van der Waals surface area contributed by atoms with Gasteiger partial charge in [0.1, 0.15) is 0 Å². The van der Waals surface area contributed by atoms with Crippen LogP contribution in [-0.2, 0) is 11.2 Å². The number of hydrogen-bond donors (Lipinski definition) is 2. The van der Waals surface area contributed by atoms with E-state index in [-0.39, 0.29) is 11.8 Å². The summed E-state index contributed by atoms with van der Waals surface area (Å²) in [4.78, 5) is 11.1. The molecule has 19 heavy (non-hydrogen) atoms. The van der Waals surface area contributed by atoms with E-state index in [1.807, 2.05) is 13.8 Å². The molecule has 0 fully saturated rings. The smallest absolute Gasteiger partial charge is 0.308 e. The van der Waals surface area contributed by atoms with Crippen molar-refractivity contribution in [3.8, 4) is 0 Å². The van der Waals surface area contributed by atoms with Gasteiger partial charge in [-0.2, -0.15) is 0 Å². The number of hydrogen-bond acceptors (Lipinski definition) is 2. The number of aliphatic carboxylic acids is 1. The first kappa shape index (κ1) is 15.7. The van der Waals surface area contributed by atoms with Crippen LogP contribution in [0.25, 0.3) is 0 Å². The van der Waals surface area contributed by atoms with Gasteiger partial charge >= 0.3 is 5.97 Å². The van der Waals surface area contributed by atoms with Gasteiger partial charge in [-0.3, -0.25) is 4.79 Å². The summed E-state index contributed by atoms with van der Waals surface area (Å²) in [5.74, 6) is -0.862. The molecule has 1 rings (SSSR count). The molecule has 1 unspecified atom stereocenters. The molecule has 0 bridgehead atoms. The zero-order valence-electron chi connectivity index (χ0n) is 12.4. The van der Waals surface area contributed by atoms with Crippen LogP contribution >= 0.6 is 0 Å². The number of carbonyl (C=O) groups is 1. The highest BCUT2D eigenvalue weighted by Gasteiger charge is 2.20. The summed E-state index contributed by atoms with van der Waals surface area (Å²) in [6.07, 6.45) is 0.941. The molecule has 0 aliphatic rings. The van der Waals surface area contributed by atoms with E-state index in [2.05, 4.69) is 37.4 Å². The van der Waals surface area contributed by atoms with Crippen LogP contribution in [0.1, 0.15) is 30.5 Å². The minimum Gasteiger partial charge on any atom is -0.481 e. The van der Waals surface area contributed by atoms with Crippen LogP contribution in [0.15, 0.2) is 18.2 Å². The van der Waals surface area contributed by atoms with E-state index < -0.39 is 5.97 Å². The number of aryl methyl sites for hydroxylation is 2. The molecule has 0 amide bonds. The molecular formula is C16H25NO2. The van der Waals surface area contributed by atoms with Crippen LogP contribution in [0, 0.1) is 25.7 Å². The van der Waals surface area contributed by atoms with E-state index in [9.17, 15) is 4.79 Å². The summed E-state index contributed by atoms with van der Waals surface area (Å²) in [6, 6.07) is 6.46. The van der Waals surface area contributed by atoms with Gasteiger partial charge in [0.2, 0.25) is 0 Å². The number of rotatable bonds is 7. The highest BCUT2D eigenvalue weighted by Crippen LogP contribution is 2.12. The first-order valence-corrected chi connectivity index (χ1v) is 6.91. The van der Waals surface area contributed by atoms with Crippen molar-refractivity contribution >= 4 is 5.97 Å². The van der Waals surface area contributed by atoms with Crippen molar-refractivity contribution in [1.82, 2.24) is 5.32 Å². The SMILES string of the molecule is Cc1ccc(CCNCC(C(=O)O)C(C)C)c(C)c1. The molecule has 1 aromatic rings. The zero-order chi connectivity index (χ0) is 14.4. The molecule has 0 aliphatic carbocycles. The van der Waals surface area contributed by atoms with Crippen molar-refractivity contribution < 1.29 is 9.90 Å². The lowest BCUT2D eigenvalue weighted by atomic mass is 9.96. The molecule has 2 N–H and O–H groups in total. The molecule has 1 atom stereocenters. The predicted molar refractivity (Wildman–Crippen MR) is 78.5 cm³/mol. The van der Waals surface area contributed by atoms with Crippen molar-refractivity contribution in [2.24, 2.45) is 11.8 Å². The summed E-state index contributed by atoms with van der Waals surface area (Å²) in [5, 5.41) is 12.4. The third-order valence-electron chi connectivity index (χ3n) is 3.56. The third-order valence-corrected chi connectivity index (χ3v) is 3.56. The van der Waals surface area contributed by atoms with Crippen LogP contribution in [-0.4, -0.2) is 24.2 Å². The van der Waals surface area contributed by atoms with Crippen molar-refractivity contribution in [3.63, 3.8) is 0 Å². The predicted octanol–water partition coefficient (Wildman–Crippen LogP) is 2.79. The van der Waals surface area contributed by atoms with Gasteiger partial charge in [0.15, 0.2) is 0 Å². The third kappa shape index (κ3) is 5.03. The summed E-state index contributed by atoms with van der Waals surface area (Å²) in [5.41, 5.74) is 3.91. The van der Waals surface area contributed by atoms with Crippen LogP contribution in [0.4, 0.5) is 0 Å². The maximum absolute atomic E-state index is 11.1. The van der Waals surface area contributed by atoms with Crippen LogP contribution in [0.5, 0.6) is 0 Å². The molecule has 106 valence electrons. The van der Waals surface area contributed by atoms with Gasteiger partial charge in [-0.1, -0.05) is 37.6 Å². The monoisotopic (exact) mass is 263 g/mol. The van der Waals surface area contributed by atoms with Crippen molar-refractivity contribution in [2.45, 2.75) is 34.1 Å². The Bertz CT molecular complexity index is 427. The van der Waals surface area contributed by atoms with Crippen LogP contribution in [0.3, 0.4) is 0 Å². The normalized spacial score (nSPS) is 12.7. The Morgan fingerprint density at radius 1 is 1.32 bits per heavy atom. The van der Waals surface area contributed by atoms with Gasteiger partial charge in [-0.25, -0.2) is 0 Å². The Balaban J connectivity index is 2.40. The quantitative estimate of drug-likeness (QED) is 0.744. The van der Waals surface area contributed by atoms with E-state index in [0.29, 0.717) is 6.54 Å². The summed E-state index contributed by atoms with van der Waals surface area (Å²) in [7, 11) is 0. The van der Waals surface area contributed by atoms with Gasteiger partial charge in [0, 0.05) is 6.54 Å². The molecule has 0 saturated carbocycles. The second kappa shape index (κ2) is 7.29. The topological polar surface area (TPSA) is 49.3 Å². The Labute approximate surface area is 116 Å². The number of carboxylic acid groups (broad SMARTS) is 1. The summed E-state index contributed by atoms with van der Waals surface area (Å²) in [6.45, 7) is 9.47. The Morgan fingerprint density at radius 2 is 2.00 bits per heavy atom. The van der Waals surface area contributed by atoms with E-state index in [1.165, 1.54) is 16.7 Å². The zero-order valence-corrected chi connectivity index (χ0v) is 12.4. The maximum Gasteiger partial charge on any atom is 0.308 e. The minimum atomic E-state index is -0.714. The molecule has 0 heterocycles. The molecule has 3 nitrogen and oxygen atoms in total. The first-order valence-electron chi connectivity index (χ1n) is 6.91. The minimum absolute atomic E-state index is 0.158. The van der Waals surface area contributed by atoms with E-state index in [1.54, 1.807) is 0 Å². The fourth-order valence-electron chi connectivity index (χ4n) is 2.22. The fourth-order valence-corrected chi connectivity index (χ4v) is 2.22. The van der Waals surface area contributed by atoms with E-state index >= 15 is 0 Å². The average molecular weight is 263 g/mol. The average Bonchev–Trinajstić information content (AvgIpc) is 2.30. The lowest BCUT2D eigenvalue weighted by Gasteiger charge is -2.17. The number of benzene rings is 1. The lowest BCUT2D eigenvalue weighted by molar-refractivity contribution is -0.143. The molecule has 0 aromatic heterocycles. The molecule has 0 radical (unpaired) electrons. The molecule has 0 aliphatic heterocycles. The van der Waals surface area contributed by atoms with Gasteiger partial charge in [0.25, 0.3) is 0 Å². The van der Waals surface area contributed by atoms with Crippen molar-refractivity contribution in [3.05, 3.63) is 34.9 Å². The highest BCUT2D eigenvalue weighted by molar-refractivity contribution is 5.70. The molecule has 1 aromatic carbocycles. The van der Waals surface area contributed by atoms with Gasteiger partial charge in [-0.05, 0) is 43.9 Å². The van der Waals surface area contributed by atoms with Gasteiger partial charge < -0.3 is 10.4 Å². The molecular weight excluding hydrogens is 238 g/mol. The molecule has 0 saturated heterocycles. The maximum atomic E-state index is 11.1. The number of carboxylic acids is 1. The summed E-state index contributed by atoms with van der Waals surface area (Å²) >= 11 is 0. The standard InChI is InChI=1S/C16H25NO2/c1-11(2)15(16(18)19)10-17-8-7-14-6-5-12(3)9-13(14)4/h5-6,9,11,15,17H,7-8,10H2,1-4H3,(H,18,19). The van der Waals surface area contributed by atoms with Crippen molar-refractivity contribution in [2.75, 3.05) is 13.1 Å². The van der Waals surface area contributed by atoms with E-state index in [4.69, 9.17) is 5.11 Å². The van der Waals surface area contributed by atoms with Crippen LogP contribution in [0.2, 0.25) is 0 Å². The second-order valence-electron chi connectivity index (χ2n) is 5.57. The Morgan fingerprint density at radius 3 is 2.53 bits per heavy atom. The summed E-state index contributed by atoms with van der Waals surface area (Å²) < 4.78 is 0. The highest BCUT2D eigenvalue weighted by atomic mass is 16.4. The first-order chi connectivity index (χ1) is 8.91. The molecule has 3 heteroatoms. The van der Waals surface area contributed by atoms with Gasteiger partial charge in [0.05, 0.1) is 5.92 Å². The number of nitrogens with one attached hydrogen (secondary N) is 1. The van der Waals surface area contributed by atoms with Crippen LogP contribution < -0.4 is 5.32 Å². The molecule has 0 spiro atoms. The van der Waals surface area contributed by atoms with Gasteiger partial charge in [-0.15, -0.1) is 0 Å². The van der Waals surface area contributed by atoms with Crippen molar-refractivity contribution in [1.29, 1.82) is 0 Å². The lowest BCUT2D eigenvalue weighted by Crippen LogP contribution is -2.33. The fraction of sp³-hybridized carbons (Fsp3) is 0.562. The Hall–Kier alpha value is -1.35. The second-order valence-corrected chi connectivity index (χ2v) is 5.57. The Kier molecular flexibility index (Phi) is 6.03.